The highest BCUT2D eigenvalue weighted by Gasteiger charge is 2.28. The molecule has 0 N–H and O–H groups in total. The van der Waals surface area contributed by atoms with E-state index in [9.17, 15) is 0 Å². The molecule has 20 heavy (non-hydrogen) atoms. The summed E-state index contributed by atoms with van der Waals surface area (Å²) >= 11 is 12.5. The van der Waals surface area contributed by atoms with E-state index in [-0.39, 0.29) is 0 Å². The van der Waals surface area contributed by atoms with Crippen LogP contribution in [-0.2, 0) is 6.54 Å². The third-order valence-corrected chi connectivity index (χ3v) is 4.86. The Labute approximate surface area is 129 Å². The van der Waals surface area contributed by atoms with Gasteiger partial charge in [0, 0.05) is 34.9 Å². The van der Waals surface area contributed by atoms with Gasteiger partial charge < -0.3 is 4.57 Å². The molecule has 2 nitrogen and oxygen atoms in total. The summed E-state index contributed by atoms with van der Waals surface area (Å²) < 4.78 is 2.15. The average Bonchev–Trinajstić information content (AvgIpc) is 3.10. The molecule has 3 rings (SSSR count). The molecule has 106 valence electrons. The van der Waals surface area contributed by atoms with Crippen LogP contribution in [0.1, 0.15) is 37.2 Å². The lowest BCUT2D eigenvalue weighted by atomic mass is 9.84. The minimum atomic E-state index is 0.441. The Kier molecular flexibility index (Phi) is 4.32. The van der Waals surface area contributed by atoms with Gasteiger partial charge in [-0.2, -0.15) is 0 Å². The highest BCUT2D eigenvalue weighted by atomic mass is 35.5. The number of hydrogen-bond donors (Lipinski definition) is 0. The van der Waals surface area contributed by atoms with E-state index in [0.717, 1.165) is 11.6 Å². The first-order valence-corrected chi connectivity index (χ1v) is 7.90. The number of aromatic nitrogens is 2. The molecule has 4 heteroatoms. The van der Waals surface area contributed by atoms with Gasteiger partial charge in [-0.05, 0) is 36.5 Å². The molecular formula is C16H18Cl2N2. The van der Waals surface area contributed by atoms with Crippen molar-refractivity contribution in [2.24, 2.45) is 5.92 Å². The van der Waals surface area contributed by atoms with Crippen LogP contribution in [-0.4, -0.2) is 9.55 Å². The molecular weight excluding hydrogens is 291 g/mol. The smallest absolute Gasteiger partial charge is 0.0946 e. The molecule has 0 aliphatic heterocycles. The van der Waals surface area contributed by atoms with Crippen LogP contribution in [0.4, 0.5) is 0 Å². The zero-order valence-electron chi connectivity index (χ0n) is 11.3. The monoisotopic (exact) mass is 308 g/mol. The van der Waals surface area contributed by atoms with Crippen LogP contribution in [0.2, 0.25) is 10.0 Å². The SMILES string of the molecule is Clc1ccc(C(Cn2ccnc2)C2CCCC2)c(Cl)c1. The molecule has 0 spiro atoms. The molecule has 0 amide bonds. The molecule has 1 fully saturated rings. The van der Waals surface area contributed by atoms with Crippen LogP contribution >= 0.6 is 23.2 Å². The van der Waals surface area contributed by atoms with E-state index in [0.29, 0.717) is 16.9 Å². The summed E-state index contributed by atoms with van der Waals surface area (Å²) in [5.74, 6) is 1.15. The highest BCUT2D eigenvalue weighted by molar-refractivity contribution is 6.35. The molecule has 2 aromatic rings. The van der Waals surface area contributed by atoms with Gasteiger partial charge in [0.25, 0.3) is 0 Å². The van der Waals surface area contributed by atoms with Crippen LogP contribution in [0, 0.1) is 5.92 Å². The predicted molar refractivity (Wildman–Crippen MR) is 83.4 cm³/mol. The van der Waals surface area contributed by atoms with Crippen LogP contribution in [0.5, 0.6) is 0 Å². The molecule has 1 aliphatic rings. The summed E-state index contributed by atoms with van der Waals surface area (Å²) in [6.07, 6.45) is 11.0. The summed E-state index contributed by atoms with van der Waals surface area (Å²) in [5.41, 5.74) is 1.22. The molecule has 0 radical (unpaired) electrons. The fraction of sp³-hybridized carbons (Fsp3) is 0.438. The van der Waals surface area contributed by atoms with Crippen molar-refractivity contribution in [1.29, 1.82) is 0 Å². The van der Waals surface area contributed by atoms with E-state index in [4.69, 9.17) is 23.2 Å². The Morgan fingerprint density at radius 3 is 2.70 bits per heavy atom. The zero-order valence-corrected chi connectivity index (χ0v) is 12.8. The summed E-state index contributed by atoms with van der Waals surface area (Å²) in [4.78, 5) is 4.14. The largest absolute Gasteiger partial charge is 0.337 e. The Balaban J connectivity index is 1.91. The summed E-state index contributed by atoms with van der Waals surface area (Å²) in [5, 5.41) is 1.49. The van der Waals surface area contributed by atoms with Crippen molar-refractivity contribution in [2.45, 2.75) is 38.1 Å². The van der Waals surface area contributed by atoms with Crippen molar-refractivity contribution < 1.29 is 0 Å². The standard InChI is InChI=1S/C16H18Cl2N2/c17-13-5-6-14(16(18)9-13)15(12-3-1-2-4-12)10-20-8-7-19-11-20/h5-9,11-12,15H,1-4,10H2. The second-order valence-electron chi connectivity index (χ2n) is 5.58. The fourth-order valence-corrected chi connectivity index (χ4v) is 3.83. The maximum atomic E-state index is 6.43. The number of imidazole rings is 1. The van der Waals surface area contributed by atoms with Crippen LogP contribution < -0.4 is 0 Å². The summed E-state index contributed by atoms with van der Waals surface area (Å²) in [6.45, 7) is 0.937. The van der Waals surface area contributed by atoms with Crippen molar-refractivity contribution in [3.63, 3.8) is 0 Å². The van der Waals surface area contributed by atoms with E-state index in [1.54, 1.807) is 0 Å². The summed E-state index contributed by atoms with van der Waals surface area (Å²) in [7, 11) is 0. The first-order chi connectivity index (χ1) is 9.74. The molecule has 1 aliphatic carbocycles. The van der Waals surface area contributed by atoms with Gasteiger partial charge in [-0.25, -0.2) is 4.98 Å². The number of hydrogen-bond acceptors (Lipinski definition) is 1. The molecule has 1 aromatic carbocycles. The van der Waals surface area contributed by atoms with E-state index in [1.165, 1.54) is 31.2 Å². The lowest BCUT2D eigenvalue weighted by Gasteiger charge is -2.25. The number of rotatable bonds is 4. The normalized spacial score (nSPS) is 17.5. The number of halogens is 2. The van der Waals surface area contributed by atoms with Crippen molar-refractivity contribution in [2.75, 3.05) is 0 Å². The summed E-state index contributed by atoms with van der Waals surface area (Å²) in [6, 6.07) is 5.89. The van der Waals surface area contributed by atoms with Gasteiger partial charge in [0.1, 0.15) is 0 Å². The minimum absolute atomic E-state index is 0.441. The van der Waals surface area contributed by atoms with Crippen molar-refractivity contribution in [3.05, 3.63) is 52.5 Å². The Morgan fingerprint density at radius 2 is 2.05 bits per heavy atom. The van der Waals surface area contributed by atoms with Gasteiger partial charge in [0.05, 0.1) is 6.33 Å². The average molecular weight is 309 g/mol. The number of benzene rings is 1. The molecule has 1 aromatic heterocycles. The van der Waals surface area contributed by atoms with E-state index >= 15 is 0 Å². The maximum Gasteiger partial charge on any atom is 0.0946 e. The Bertz CT molecular complexity index is 560. The maximum absolute atomic E-state index is 6.43. The molecule has 0 saturated heterocycles. The highest BCUT2D eigenvalue weighted by Crippen LogP contribution is 2.41. The zero-order chi connectivity index (χ0) is 13.9. The van der Waals surface area contributed by atoms with Gasteiger partial charge in [-0.15, -0.1) is 0 Å². The topological polar surface area (TPSA) is 17.8 Å². The van der Waals surface area contributed by atoms with Crippen molar-refractivity contribution >= 4 is 23.2 Å². The van der Waals surface area contributed by atoms with Gasteiger partial charge in [-0.1, -0.05) is 42.1 Å². The fourth-order valence-electron chi connectivity index (χ4n) is 3.29. The van der Waals surface area contributed by atoms with Gasteiger partial charge >= 0.3 is 0 Å². The van der Waals surface area contributed by atoms with Gasteiger partial charge in [-0.3, -0.25) is 0 Å². The Morgan fingerprint density at radius 1 is 1.25 bits per heavy atom. The third kappa shape index (κ3) is 3.02. The molecule has 1 heterocycles. The van der Waals surface area contributed by atoms with Crippen LogP contribution in [0.25, 0.3) is 0 Å². The molecule has 1 saturated carbocycles. The van der Waals surface area contributed by atoms with Crippen LogP contribution in [0.15, 0.2) is 36.9 Å². The van der Waals surface area contributed by atoms with Gasteiger partial charge in [0.15, 0.2) is 0 Å². The number of nitrogens with zero attached hydrogens (tertiary/aromatic N) is 2. The molecule has 0 bridgehead atoms. The van der Waals surface area contributed by atoms with Crippen molar-refractivity contribution in [3.8, 4) is 0 Å². The third-order valence-electron chi connectivity index (χ3n) is 4.30. The Hall–Kier alpha value is -0.990. The molecule has 1 atom stereocenters. The first-order valence-electron chi connectivity index (χ1n) is 7.15. The quantitative estimate of drug-likeness (QED) is 0.762. The predicted octanol–water partition coefficient (Wildman–Crippen LogP) is 5.16. The van der Waals surface area contributed by atoms with Crippen molar-refractivity contribution in [1.82, 2.24) is 9.55 Å². The second-order valence-corrected chi connectivity index (χ2v) is 6.42. The lowest BCUT2D eigenvalue weighted by Crippen LogP contribution is -2.16. The van der Waals surface area contributed by atoms with E-state index in [1.807, 2.05) is 30.9 Å². The minimum Gasteiger partial charge on any atom is -0.337 e. The first kappa shape index (κ1) is 14.0. The van der Waals surface area contributed by atoms with Gasteiger partial charge in [0.2, 0.25) is 0 Å². The van der Waals surface area contributed by atoms with E-state index < -0.39 is 0 Å². The van der Waals surface area contributed by atoms with Crippen LogP contribution in [0.3, 0.4) is 0 Å². The lowest BCUT2D eigenvalue weighted by molar-refractivity contribution is 0.388. The van der Waals surface area contributed by atoms with E-state index in [2.05, 4.69) is 15.6 Å². The molecule has 1 unspecified atom stereocenters. The second kappa shape index (κ2) is 6.19.